The highest BCUT2D eigenvalue weighted by Crippen LogP contribution is 2.33. The molecule has 0 aromatic carbocycles. The Morgan fingerprint density at radius 2 is 1.68 bits per heavy atom. The van der Waals surface area contributed by atoms with E-state index in [1.54, 1.807) is 4.31 Å². The van der Waals surface area contributed by atoms with Gasteiger partial charge in [0.2, 0.25) is 15.9 Å². The van der Waals surface area contributed by atoms with Crippen molar-refractivity contribution < 1.29 is 13.2 Å². The lowest BCUT2D eigenvalue weighted by atomic mass is 9.84. The van der Waals surface area contributed by atoms with Gasteiger partial charge in [0.15, 0.2) is 0 Å². The van der Waals surface area contributed by atoms with Crippen molar-refractivity contribution in [1.29, 1.82) is 0 Å². The van der Waals surface area contributed by atoms with Gasteiger partial charge in [0.1, 0.15) is 10.0 Å². The number of amides is 1. The number of carbonyl (C=O) groups excluding carboxylic acids is 1. The fourth-order valence-electron chi connectivity index (χ4n) is 4.83. The molecule has 174 valence electrons. The molecular formula is C22H35ClN4O3S. The van der Waals surface area contributed by atoms with E-state index in [4.69, 9.17) is 11.6 Å². The highest BCUT2D eigenvalue weighted by Gasteiger charge is 2.38. The van der Waals surface area contributed by atoms with Gasteiger partial charge in [-0.05, 0) is 65.5 Å². The first-order valence-corrected chi connectivity index (χ1v) is 13.1. The molecule has 31 heavy (non-hydrogen) atoms. The molecule has 1 saturated heterocycles. The van der Waals surface area contributed by atoms with Crippen LogP contribution in [0.1, 0.15) is 53.4 Å². The van der Waals surface area contributed by atoms with Crippen molar-refractivity contribution in [2.75, 3.05) is 26.2 Å². The number of carbonyl (C=O) groups is 1. The molecule has 9 heteroatoms. The van der Waals surface area contributed by atoms with E-state index in [-0.39, 0.29) is 34.0 Å². The first-order valence-electron chi connectivity index (χ1n) is 11.3. The van der Waals surface area contributed by atoms with Crippen LogP contribution in [0.25, 0.3) is 0 Å². The largest absolute Gasteiger partial charge is 0.340 e. The Morgan fingerprint density at radius 1 is 1.06 bits per heavy atom. The zero-order valence-electron chi connectivity index (χ0n) is 19.0. The molecule has 0 bridgehead atoms. The van der Waals surface area contributed by atoms with E-state index < -0.39 is 10.0 Å². The number of hydrogen-bond acceptors (Lipinski definition) is 5. The van der Waals surface area contributed by atoms with Crippen molar-refractivity contribution in [3.8, 4) is 0 Å². The smallest absolute Gasteiger partial charge is 0.245 e. The second-order valence-corrected chi connectivity index (χ2v) is 11.4. The minimum atomic E-state index is -3.68. The van der Waals surface area contributed by atoms with Crippen LogP contribution in [0.3, 0.4) is 0 Å². The molecule has 1 aliphatic heterocycles. The molecule has 1 saturated carbocycles. The average Bonchev–Trinajstić information content (AvgIpc) is 2.74. The summed E-state index contributed by atoms with van der Waals surface area (Å²) in [7, 11) is -3.68. The van der Waals surface area contributed by atoms with Gasteiger partial charge < -0.3 is 4.90 Å². The Balaban J connectivity index is 1.63. The van der Waals surface area contributed by atoms with Gasteiger partial charge in [-0.25, -0.2) is 13.4 Å². The number of aromatic nitrogens is 1. The summed E-state index contributed by atoms with van der Waals surface area (Å²) in [5.41, 5.74) is 0. The molecule has 2 heterocycles. The second kappa shape index (κ2) is 10.1. The lowest BCUT2D eigenvalue weighted by Gasteiger charge is -2.41. The number of rotatable bonds is 6. The Hall–Kier alpha value is -1.22. The fraction of sp³-hybridized carbons (Fsp3) is 0.727. The maximum Gasteiger partial charge on any atom is 0.245 e. The zero-order chi connectivity index (χ0) is 22.8. The predicted octanol–water partition coefficient (Wildman–Crippen LogP) is 3.25. The molecular weight excluding hydrogens is 436 g/mol. The van der Waals surface area contributed by atoms with Gasteiger partial charge >= 0.3 is 0 Å². The van der Waals surface area contributed by atoms with Gasteiger partial charge in [-0.2, -0.15) is 4.31 Å². The molecule has 0 radical (unpaired) electrons. The standard InChI is InChI=1S/C22H35ClN4O3S/c1-16(2)25-11-13-26(14-12-25)22(28)18-5-7-19(8-6-18)27(17(3)4)31(29,30)20-9-10-21(23)24-15-20/h9-10,15-19H,5-8,11-14H2,1-4H3. The summed E-state index contributed by atoms with van der Waals surface area (Å²) in [5.74, 6) is 0.235. The summed E-state index contributed by atoms with van der Waals surface area (Å²) in [6.07, 6.45) is 4.16. The topological polar surface area (TPSA) is 73.8 Å². The lowest BCUT2D eigenvalue weighted by Crippen LogP contribution is -2.53. The third kappa shape index (κ3) is 5.59. The summed E-state index contributed by atoms with van der Waals surface area (Å²) < 4.78 is 28.2. The molecule has 1 aliphatic carbocycles. The Kier molecular flexibility index (Phi) is 8.00. The highest BCUT2D eigenvalue weighted by atomic mass is 35.5. The molecule has 1 aromatic heterocycles. The van der Waals surface area contributed by atoms with Crippen molar-refractivity contribution in [2.24, 2.45) is 5.92 Å². The monoisotopic (exact) mass is 470 g/mol. The molecule has 7 nitrogen and oxygen atoms in total. The van der Waals surface area contributed by atoms with Gasteiger partial charge in [0.05, 0.1) is 0 Å². The van der Waals surface area contributed by atoms with Crippen LogP contribution in [-0.2, 0) is 14.8 Å². The van der Waals surface area contributed by atoms with Gasteiger partial charge in [0, 0.05) is 56.4 Å². The SMILES string of the molecule is CC(C)N1CCN(C(=O)C2CCC(N(C(C)C)S(=O)(=O)c3ccc(Cl)nc3)CC2)CC1. The van der Waals surface area contributed by atoms with E-state index in [9.17, 15) is 13.2 Å². The molecule has 0 N–H and O–H groups in total. The molecule has 1 amide bonds. The number of nitrogens with zero attached hydrogens (tertiary/aromatic N) is 4. The van der Waals surface area contributed by atoms with Crippen LogP contribution >= 0.6 is 11.6 Å². The first kappa shape index (κ1) is 24.4. The number of pyridine rings is 1. The molecule has 1 aromatic rings. The molecule has 3 rings (SSSR count). The normalized spacial score (nSPS) is 23.7. The summed E-state index contributed by atoms with van der Waals surface area (Å²) in [5, 5.41) is 0.267. The summed E-state index contributed by atoms with van der Waals surface area (Å²) >= 11 is 5.83. The number of halogens is 1. The van der Waals surface area contributed by atoms with Gasteiger partial charge in [-0.1, -0.05) is 11.6 Å². The second-order valence-electron chi connectivity index (χ2n) is 9.21. The van der Waals surface area contributed by atoms with Gasteiger partial charge in [-0.3, -0.25) is 9.69 Å². The number of piperazine rings is 1. The summed E-state index contributed by atoms with van der Waals surface area (Å²) in [4.78, 5) is 21.5. The van der Waals surface area contributed by atoms with Crippen molar-refractivity contribution in [1.82, 2.24) is 19.1 Å². The van der Waals surface area contributed by atoms with Crippen LogP contribution in [0.2, 0.25) is 5.15 Å². The van der Waals surface area contributed by atoms with Crippen LogP contribution in [0.15, 0.2) is 23.2 Å². The van der Waals surface area contributed by atoms with Crippen LogP contribution in [0, 0.1) is 5.92 Å². The van der Waals surface area contributed by atoms with Crippen LogP contribution in [-0.4, -0.2) is 77.7 Å². The Bertz CT molecular complexity index is 844. The highest BCUT2D eigenvalue weighted by molar-refractivity contribution is 7.89. The van der Waals surface area contributed by atoms with E-state index >= 15 is 0 Å². The number of hydrogen-bond donors (Lipinski definition) is 0. The van der Waals surface area contributed by atoms with Crippen LogP contribution in [0.4, 0.5) is 0 Å². The first-order chi connectivity index (χ1) is 14.6. The van der Waals surface area contributed by atoms with Crippen molar-refractivity contribution in [3.05, 3.63) is 23.5 Å². The summed E-state index contributed by atoms with van der Waals surface area (Å²) in [6.45, 7) is 11.6. The fourth-order valence-corrected chi connectivity index (χ4v) is 6.77. The molecule has 0 spiro atoms. The van der Waals surface area contributed by atoms with E-state index in [2.05, 4.69) is 23.7 Å². The van der Waals surface area contributed by atoms with E-state index in [1.807, 2.05) is 18.7 Å². The maximum absolute atomic E-state index is 13.3. The zero-order valence-corrected chi connectivity index (χ0v) is 20.6. The molecule has 0 atom stereocenters. The Morgan fingerprint density at radius 3 is 2.16 bits per heavy atom. The third-order valence-corrected chi connectivity index (χ3v) is 8.88. The third-order valence-electron chi connectivity index (χ3n) is 6.55. The van der Waals surface area contributed by atoms with Crippen LogP contribution in [0.5, 0.6) is 0 Å². The Labute approximate surface area is 191 Å². The molecule has 2 aliphatic rings. The molecule has 2 fully saturated rings. The van der Waals surface area contributed by atoms with E-state index in [0.29, 0.717) is 18.9 Å². The van der Waals surface area contributed by atoms with Gasteiger partial charge in [0.25, 0.3) is 0 Å². The maximum atomic E-state index is 13.3. The van der Waals surface area contributed by atoms with Crippen molar-refractivity contribution in [3.63, 3.8) is 0 Å². The quantitative estimate of drug-likeness (QED) is 0.596. The van der Waals surface area contributed by atoms with Gasteiger partial charge in [-0.15, -0.1) is 0 Å². The lowest BCUT2D eigenvalue weighted by molar-refractivity contribution is -0.138. The van der Waals surface area contributed by atoms with Crippen molar-refractivity contribution >= 4 is 27.5 Å². The minimum Gasteiger partial charge on any atom is -0.340 e. The molecule has 0 unspecified atom stereocenters. The van der Waals surface area contributed by atoms with E-state index in [1.165, 1.54) is 18.3 Å². The number of sulfonamides is 1. The van der Waals surface area contributed by atoms with E-state index in [0.717, 1.165) is 39.0 Å². The predicted molar refractivity (Wildman–Crippen MR) is 122 cm³/mol. The average molecular weight is 471 g/mol. The minimum absolute atomic E-state index is 0.00392. The van der Waals surface area contributed by atoms with Crippen LogP contribution < -0.4 is 0 Å². The van der Waals surface area contributed by atoms with Crippen molar-refractivity contribution in [2.45, 2.75) is 76.4 Å². The summed E-state index contributed by atoms with van der Waals surface area (Å²) in [6, 6.07) is 3.23.